The predicted octanol–water partition coefficient (Wildman–Crippen LogP) is 2.81. The van der Waals surface area contributed by atoms with Crippen molar-refractivity contribution < 1.29 is 32.3 Å². The van der Waals surface area contributed by atoms with Crippen LogP contribution in [0.1, 0.15) is 40.0 Å². The number of ether oxygens (including phenoxy) is 2. The highest BCUT2D eigenvalue weighted by molar-refractivity contribution is 7.88. The number of likely N-dealkylation sites (tertiary alicyclic amines) is 1. The van der Waals surface area contributed by atoms with Gasteiger partial charge in [-0.05, 0) is 22.8 Å². The summed E-state index contributed by atoms with van der Waals surface area (Å²) in [6.07, 6.45) is -0.0124. The van der Waals surface area contributed by atoms with Gasteiger partial charge in [-0.15, -0.1) is 0 Å². The maximum absolute atomic E-state index is 13.1. The van der Waals surface area contributed by atoms with Crippen LogP contribution in [0.5, 0.6) is 0 Å². The van der Waals surface area contributed by atoms with Gasteiger partial charge in [-0.3, -0.25) is 4.79 Å². The fraction of sp³-hybridized carbons (Fsp3) is 0.240. The first-order valence-corrected chi connectivity index (χ1v) is 12.6. The highest BCUT2D eigenvalue weighted by Crippen LogP contribution is 2.31. The molecule has 0 bridgehead atoms. The minimum absolute atomic E-state index is 0.0683. The van der Waals surface area contributed by atoms with E-state index in [1.807, 2.05) is 10.8 Å². The molecule has 1 aliphatic rings. The molecule has 0 spiro atoms. The summed E-state index contributed by atoms with van der Waals surface area (Å²) in [7, 11) is -4.54. The molecule has 0 unspecified atom stereocenters. The van der Waals surface area contributed by atoms with Gasteiger partial charge in [0.25, 0.3) is 0 Å². The smallest absolute Gasteiger partial charge is 0.422 e. The van der Waals surface area contributed by atoms with Crippen LogP contribution in [0.4, 0.5) is 4.79 Å². The van der Waals surface area contributed by atoms with Crippen LogP contribution in [0.25, 0.3) is 0 Å². The van der Waals surface area contributed by atoms with Gasteiger partial charge in [0, 0.05) is 32.1 Å². The van der Waals surface area contributed by atoms with Crippen LogP contribution in [0, 0.1) is 0 Å². The number of amides is 2. The van der Waals surface area contributed by atoms with Crippen molar-refractivity contribution in [3.63, 3.8) is 0 Å². The molecule has 10 nitrogen and oxygen atoms in total. The molecule has 1 aromatic heterocycles. The summed E-state index contributed by atoms with van der Waals surface area (Å²) < 4.78 is 39.0. The number of carbonyl (C=O) groups is 3. The topological polar surface area (TPSA) is 124 Å². The molecule has 36 heavy (non-hydrogen) atoms. The van der Waals surface area contributed by atoms with Crippen molar-refractivity contribution in [2.75, 3.05) is 13.1 Å². The lowest BCUT2D eigenvalue weighted by Crippen LogP contribution is -2.48. The highest BCUT2D eigenvalue weighted by atomic mass is 32.2. The molecule has 2 amide bonds. The van der Waals surface area contributed by atoms with Gasteiger partial charge >= 0.3 is 22.3 Å². The van der Waals surface area contributed by atoms with Crippen LogP contribution in [0.15, 0.2) is 72.9 Å². The van der Waals surface area contributed by atoms with Crippen molar-refractivity contribution >= 4 is 28.2 Å². The Hall–Kier alpha value is -4.12. The van der Waals surface area contributed by atoms with Gasteiger partial charge in [0.15, 0.2) is 0 Å². The summed E-state index contributed by atoms with van der Waals surface area (Å²) in [6, 6.07) is 19.2. The van der Waals surface area contributed by atoms with Crippen molar-refractivity contribution in [2.45, 2.75) is 26.1 Å². The number of hydrogen-bond donors (Lipinski definition) is 1. The van der Waals surface area contributed by atoms with E-state index in [1.54, 1.807) is 59.5 Å². The Morgan fingerprint density at radius 2 is 1.44 bits per heavy atom. The third kappa shape index (κ3) is 5.74. The standard InChI is InChI=1S/C25H25N3O7S/c1-18(29)27-14-21(15-27)22-12-13-28(23(22)24(30)34-16-19-8-4-2-5-9-19)36(32,33)26-25(31)35-17-20-10-6-3-7-11-20/h2-13,21H,14-17H2,1H3,(H,26,31). The van der Waals surface area contributed by atoms with E-state index in [4.69, 9.17) is 9.47 Å². The largest absolute Gasteiger partial charge is 0.456 e. The number of nitrogens with one attached hydrogen (secondary N) is 1. The van der Waals surface area contributed by atoms with Crippen LogP contribution >= 0.6 is 0 Å². The highest BCUT2D eigenvalue weighted by Gasteiger charge is 2.36. The van der Waals surface area contributed by atoms with Crippen molar-refractivity contribution in [3.05, 3.63) is 95.3 Å². The molecule has 0 saturated carbocycles. The summed E-state index contributed by atoms with van der Waals surface area (Å²) in [5.41, 5.74) is 1.58. The van der Waals surface area contributed by atoms with Gasteiger partial charge in [-0.25, -0.2) is 18.3 Å². The van der Waals surface area contributed by atoms with Crippen LogP contribution in [-0.4, -0.2) is 48.3 Å². The van der Waals surface area contributed by atoms with Crippen molar-refractivity contribution in [1.29, 1.82) is 0 Å². The second kappa shape index (κ2) is 10.6. The fourth-order valence-corrected chi connectivity index (χ4v) is 4.81. The second-order valence-electron chi connectivity index (χ2n) is 8.27. The number of aromatic nitrogens is 1. The maximum atomic E-state index is 13.1. The van der Waals surface area contributed by atoms with E-state index in [9.17, 15) is 22.8 Å². The molecule has 1 N–H and O–H groups in total. The third-order valence-electron chi connectivity index (χ3n) is 5.74. The SMILES string of the molecule is CC(=O)N1CC(c2ccn(S(=O)(=O)NC(=O)OCc3ccccc3)c2C(=O)OCc2ccccc2)C1. The summed E-state index contributed by atoms with van der Waals surface area (Å²) >= 11 is 0. The Morgan fingerprint density at radius 1 is 0.889 bits per heavy atom. The van der Waals surface area contributed by atoms with E-state index < -0.39 is 22.3 Å². The first-order valence-electron chi connectivity index (χ1n) is 11.2. The zero-order valence-electron chi connectivity index (χ0n) is 19.5. The first-order chi connectivity index (χ1) is 17.2. The fourth-order valence-electron chi connectivity index (χ4n) is 3.80. The van der Waals surface area contributed by atoms with E-state index in [2.05, 4.69) is 0 Å². The third-order valence-corrected chi connectivity index (χ3v) is 6.99. The van der Waals surface area contributed by atoms with Crippen LogP contribution in [-0.2, 0) is 37.7 Å². The number of carbonyl (C=O) groups excluding carboxylic acids is 3. The summed E-state index contributed by atoms with van der Waals surface area (Å²) in [6.45, 7) is 1.91. The molecule has 1 fully saturated rings. The van der Waals surface area contributed by atoms with Crippen LogP contribution in [0.2, 0.25) is 0 Å². The Morgan fingerprint density at radius 3 is 2.00 bits per heavy atom. The Kier molecular flexibility index (Phi) is 7.39. The molecular weight excluding hydrogens is 486 g/mol. The van der Waals surface area contributed by atoms with Gasteiger partial charge in [0.05, 0.1) is 0 Å². The molecule has 2 heterocycles. The average molecular weight is 512 g/mol. The van der Waals surface area contributed by atoms with E-state index >= 15 is 0 Å². The quantitative estimate of drug-likeness (QED) is 0.461. The van der Waals surface area contributed by atoms with Gasteiger partial charge in [0.2, 0.25) is 5.91 Å². The number of rotatable bonds is 8. The monoisotopic (exact) mass is 511 g/mol. The van der Waals surface area contributed by atoms with Crippen molar-refractivity contribution in [1.82, 2.24) is 13.6 Å². The number of nitrogens with zero attached hydrogens (tertiary/aromatic N) is 2. The molecule has 0 aliphatic carbocycles. The van der Waals surface area contributed by atoms with Gasteiger partial charge in [0.1, 0.15) is 18.9 Å². The van der Waals surface area contributed by atoms with E-state index in [0.717, 1.165) is 5.56 Å². The maximum Gasteiger partial charge on any atom is 0.422 e. The molecular formula is C25H25N3O7S. The molecule has 4 rings (SSSR count). The zero-order chi connectivity index (χ0) is 25.7. The van der Waals surface area contributed by atoms with E-state index in [0.29, 0.717) is 28.2 Å². The van der Waals surface area contributed by atoms with E-state index in [1.165, 1.54) is 19.2 Å². The molecule has 2 aromatic carbocycles. The van der Waals surface area contributed by atoms with Gasteiger partial charge < -0.3 is 14.4 Å². The summed E-state index contributed by atoms with van der Waals surface area (Å²) in [4.78, 5) is 38.5. The van der Waals surface area contributed by atoms with E-state index in [-0.39, 0.29) is 30.7 Å². The molecule has 3 aromatic rings. The van der Waals surface area contributed by atoms with Crippen LogP contribution < -0.4 is 4.72 Å². The molecule has 1 saturated heterocycles. The zero-order valence-corrected chi connectivity index (χ0v) is 20.3. The minimum Gasteiger partial charge on any atom is -0.456 e. The van der Waals surface area contributed by atoms with Gasteiger partial charge in [-0.2, -0.15) is 8.42 Å². The van der Waals surface area contributed by atoms with Crippen LogP contribution in [0.3, 0.4) is 0 Å². The first kappa shape index (κ1) is 25.0. The Balaban J connectivity index is 1.54. The predicted molar refractivity (Wildman–Crippen MR) is 129 cm³/mol. The molecule has 0 radical (unpaired) electrons. The summed E-state index contributed by atoms with van der Waals surface area (Å²) in [5.74, 6) is -1.24. The normalized spacial score (nSPS) is 13.5. The molecule has 0 atom stereocenters. The lowest BCUT2D eigenvalue weighted by Gasteiger charge is -2.38. The molecule has 1 aliphatic heterocycles. The van der Waals surface area contributed by atoms with Gasteiger partial charge in [-0.1, -0.05) is 60.7 Å². The lowest BCUT2D eigenvalue weighted by atomic mass is 9.91. The van der Waals surface area contributed by atoms with Crippen molar-refractivity contribution in [2.24, 2.45) is 0 Å². The number of hydrogen-bond acceptors (Lipinski definition) is 7. The second-order valence-corrected chi connectivity index (χ2v) is 9.81. The molecule has 188 valence electrons. The van der Waals surface area contributed by atoms with Crippen molar-refractivity contribution in [3.8, 4) is 0 Å². The minimum atomic E-state index is -4.54. The Bertz CT molecular complexity index is 1350. The lowest BCUT2D eigenvalue weighted by molar-refractivity contribution is -0.133. The Labute approximate surface area is 208 Å². The average Bonchev–Trinajstić information content (AvgIpc) is 3.27. The summed E-state index contributed by atoms with van der Waals surface area (Å²) in [5, 5.41) is 0. The molecule has 11 heteroatoms. The number of esters is 1. The number of benzene rings is 2.